The van der Waals surface area contributed by atoms with Gasteiger partial charge in [0, 0.05) is 18.3 Å². The third-order valence-electron chi connectivity index (χ3n) is 6.05. The van der Waals surface area contributed by atoms with Crippen LogP contribution in [0.5, 0.6) is 17.2 Å². The number of rotatable bonds is 8. The maximum Gasteiger partial charge on any atom is 0.335 e. The van der Waals surface area contributed by atoms with E-state index in [0.29, 0.717) is 11.5 Å². The molecule has 1 aliphatic heterocycles. The molecule has 8 nitrogen and oxygen atoms in total. The first-order chi connectivity index (χ1) is 17.9. The van der Waals surface area contributed by atoms with Crippen LogP contribution in [0.15, 0.2) is 79.0 Å². The van der Waals surface area contributed by atoms with Gasteiger partial charge in [-0.15, -0.1) is 0 Å². The molecule has 1 aliphatic rings. The van der Waals surface area contributed by atoms with Crippen LogP contribution in [0.1, 0.15) is 37.5 Å². The molecular formula is C29H24N2O6. The van der Waals surface area contributed by atoms with Crippen LogP contribution in [0, 0.1) is 6.92 Å². The molecule has 1 aromatic heterocycles. The SMILES string of the molecule is Cc1ccc(N(C)c2ccc(C(=O)c3cc(OCc4ccc5c(c4)OCO5)cc(C(=O)O)c3)nc2)cc1. The molecule has 0 saturated carbocycles. The second-order valence-corrected chi connectivity index (χ2v) is 8.65. The van der Waals surface area contributed by atoms with E-state index in [2.05, 4.69) is 4.98 Å². The van der Waals surface area contributed by atoms with Crippen molar-refractivity contribution in [2.45, 2.75) is 13.5 Å². The summed E-state index contributed by atoms with van der Waals surface area (Å²) in [6.45, 7) is 2.35. The number of carboxylic acids is 1. The van der Waals surface area contributed by atoms with Crippen LogP contribution in [-0.2, 0) is 6.61 Å². The highest BCUT2D eigenvalue weighted by Gasteiger charge is 2.18. The summed E-state index contributed by atoms with van der Waals surface area (Å²) in [5.41, 5.74) is 4.10. The first-order valence-corrected chi connectivity index (χ1v) is 11.6. The van der Waals surface area contributed by atoms with Gasteiger partial charge in [-0.05, 0) is 67.1 Å². The van der Waals surface area contributed by atoms with Gasteiger partial charge in [0.15, 0.2) is 11.5 Å². The Kier molecular flexibility index (Phi) is 6.47. The lowest BCUT2D eigenvalue weighted by atomic mass is 10.0. The monoisotopic (exact) mass is 496 g/mol. The summed E-state index contributed by atoms with van der Waals surface area (Å²) in [4.78, 5) is 31.2. The smallest absolute Gasteiger partial charge is 0.335 e. The van der Waals surface area contributed by atoms with Gasteiger partial charge in [-0.1, -0.05) is 23.8 Å². The van der Waals surface area contributed by atoms with Gasteiger partial charge in [0.25, 0.3) is 0 Å². The summed E-state index contributed by atoms with van der Waals surface area (Å²) in [6, 6.07) is 21.2. The number of ketones is 1. The molecule has 0 aliphatic carbocycles. The van der Waals surface area contributed by atoms with E-state index in [9.17, 15) is 14.7 Å². The van der Waals surface area contributed by atoms with Crippen molar-refractivity contribution in [3.8, 4) is 17.2 Å². The minimum Gasteiger partial charge on any atom is -0.489 e. The molecule has 3 aromatic carbocycles. The second kappa shape index (κ2) is 10.0. The number of hydrogen-bond donors (Lipinski definition) is 1. The molecule has 0 spiro atoms. The number of nitrogens with zero attached hydrogens (tertiary/aromatic N) is 2. The van der Waals surface area contributed by atoms with Crippen LogP contribution in [0.4, 0.5) is 11.4 Å². The summed E-state index contributed by atoms with van der Waals surface area (Å²) < 4.78 is 16.5. The third kappa shape index (κ3) is 5.23. The van der Waals surface area contributed by atoms with E-state index >= 15 is 0 Å². The van der Waals surface area contributed by atoms with E-state index in [1.165, 1.54) is 23.8 Å². The van der Waals surface area contributed by atoms with Crippen LogP contribution < -0.4 is 19.1 Å². The van der Waals surface area contributed by atoms with Gasteiger partial charge in [-0.3, -0.25) is 9.78 Å². The summed E-state index contributed by atoms with van der Waals surface area (Å²) in [5, 5.41) is 9.58. The van der Waals surface area contributed by atoms with Gasteiger partial charge >= 0.3 is 5.97 Å². The van der Waals surface area contributed by atoms with E-state index in [4.69, 9.17) is 14.2 Å². The Hall–Kier alpha value is -4.85. The van der Waals surface area contributed by atoms with Crippen LogP contribution in [-0.4, -0.2) is 35.7 Å². The molecule has 5 rings (SSSR count). The maximum atomic E-state index is 13.2. The molecular weight excluding hydrogens is 472 g/mol. The first kappa shape index (κ1) is 23.9. The lowest BCUT2D eigenvalue weighted by molar-refractivity contribution is 0.0696. The molecule has 186 valence electrons. The third-order valence-corrected chi connectivity index (χ3v) is 6.05. The van der Waals surface area contributed by atoms with Crippen molar-refractivity contribution in [1.29, 1.82) is 0 Å². The van der Waals surface area contributed by atoms with Crippen molar-refractivity contribution in [1.82, 2.24) is 4.98 Å². The second-order valence-electron chi connectivity index (χ2n) is 8.65. The number of benzene rings is 3. The molecule has 0 unspecified atom stereocenters. The minimum atomic E-state index is -1.16. The fourth-order valence-electron chi connectivity index (χ4n) is 3.92. The summed E-state index contributed by atoms with van der Waals surface area (Å²) in [5.74, 6) is -0.0188. The lowest BCUT2D eigenvalue weighted by Gasteiger charge is -2.19. The average Bonchev–Trinajstić information content (AvgIpc) is 3.39. The zero-order chi connectivity index (χ0) is 25.9. The van der Waals surface area contributed by atoms with Gasteiger partial charge in [-0.25, -0.2) is 4.79 Å². The zero-order valence-electron chi connectivity index (χ0n) is 20.3. The quantitative estimate of drug-likeness (QED) is 0.324. The van der Waals surface area contributed by atoms with Gasteiger partial charge in [0.2, 0.25) is 12.6 Å². The van der Waals surface area contributed by atoms with Crippen LogP contribution >= 0.6 is 0 Å². The van der Waals surface area contributed by atoms with E-state index in [-0.39, 0.29) is 36.0 Å². The van der Waals surface area contributed by atoms with Crippen molar-refractivity contribution < 1.29 is 28.9 Å². The van der Waals surface area contributed by atoms with Gasteiger partial charge in [0.05, 0.1) is 17.4 Å². The molecule has 37 heavy (non-hydrogen) atoms. The number of aryl methyl sites for hydroxylation is 1. The molecule has 0 amide bonds. The Labute approximate surface area is 213 Å². The number of hydrogen-bond acceptors (Lipinski definition) is 7. The highest BCUT2D eigenvalue weighted by atomic mass is 16.7. The van der Waals surface area contributed by atoms with Crippen LogP contribution in [0.25, 0.3) is 0 Å². The van der Waals surface area contributed by atoms with Crippen LogP contribution in [0.3, 0.4) is 0 Å². The molecule has 0 saturated heterocycles. The number of anilines is 2. The molecule has 0 atom stereocenters. The lowest BCUT2D eigenvalue weighted by Crippen LogP contribution is -2.11. The molecule has 0 fully saturated rings. The first-order valence-electron chi connectivity index (χ1n) is 11.6. The highest BCUT2D eigenvalue weighted by Crippen LogP contribution is 2.33. The number of pyridine rings is 1. The normalized spacial score (nSPS) is 11.7. The minimum absolute atomic E-state index is 0.0535. The zero-order valence-corrected chi connectivity index (χ0v) is 20.3. The van der Waals surface area contributed by atoms with Crippen molar-refractivity contribution in [2.24, 2.45) is 0 Å². The largest absolute Gasteiger partial charge is 0.489 e. The highest BCUT2D eigenvalue weighted by molar-refractivity contribution is 6.09. The van der Waals surface area contributed by atoms with E-state index < -0.39 is 11.8 Å². The Morgan fingerprint density at radius 2 is 1.65 bits per heavy atom. The summed E-state index contributed by atoms with van der Waals surface area (Å²) >= 11 is 0. The number of carbonyl (C=O) groups is 2. The molecule has 4 aromatic rings. The molecule has 0 radical (unpaired) electrons. The molecule has 8 heteroatoms. The van der Waals surface area contributed by atoms with E-state index in [0.717, 1.165) is 16.9 Å². The fraction of sp³-hybridized carbons (Fsp3) is 0.138. The standard InChI is InChI=1S/C29H24N2O6/c1-18-3-6-22(7-4-18)31(2)23-8-9-25(30-15-23)28(32)20-12-21(29(33)34)14-24(13-20)35-16-19-5-10-26-27(11-19)37-17-36-26/h3-15H,16-17H2,1-2H3,(H,33,34). The topological polar surface area (TPSA) is 98.2 Å². The fourth-order valence-corrected chi connectivity index (χ4v) is 3.92. The van der Waals surface area contributed by atoms with E-state index in [1.54, 1.807) is 30.5 Å². The summed E-state index contributed by atoms with van der Waals surface area (Å²) in [7, 11) is 1.92. The summed E-state index contributed by atoms with van der Waals surface area (Å²) in [6.07, 6.45) is 1.62. The van der Waals surface area contributed by atoms with Gasteiger partial charge < -0.3 is 24.2 Å². The Morgan fingerprint density at radius 1 is 0.919 bits per heavy atom. The Bertz CT molecular complexity index is 1470. The van der Waals surface area contributed by atoms with Crippen LogP contribution in [0.2, 0.25) is 0 Å². The Morgan fingerprint density at radius 3 is 2.38 bits per heavy atom. The number of aromatic carboxylic acids is 1. The van der Waals surface area contributed by atoms with E-state index in [1.807, 2.05) is 49.2 Å². The average molecular weight is 497 g/mol. The van der Waals surface area contributed by atoms with Crippen molar-refractivity contribution in [3.05, 3.63) is 107 Å². The number of fused-ring (bicyclic) bond motifs is 1. The van der Waals surface area contributed by atoms with Crippen molar-refractivity contribution >= 4 is 23.1 Å². The van der Waals surface area contributed by atoms with Gasteiger partial charge in [0.1, 0.15) is 18.1 Å². The van der Waals surface area contributed by atoms with Crippen molar-refractivity contribution in [2.75, 3.05) is 18.7 Å². The predicted molar refractivity (Wildman–Crippen MR) is 137 cm³/mol. The number of carbonyl (C=O) groups excluding carboxylic acids is 1. The molecule has 2 heterocycles. The number of carboxylic acid groups (broad SMARTS) is 1. The molecule has 0 bridgehead atoms. The van der Waals surface area contributed by atoms with Crippen molar-refractivity contribution in [3.63, 3.8) is 0 Å². The predicted octanol–water partition coefficient (Wildman–Crippen LogP) is 5.39. The number of ether oxygens (including phenoxy) is 3. The maximum absolute atomic E-state index is 13.2. The Balaban J connectivity index is 1.35. The number of aromatic nitrogens is 1. The van der Waals surface area contributed by atoms with Gasteiger partial charge in [-0.2, -0.15) is 0 Å². The molecule has 1 N–H and O–H groups in total.